The number of methoxy groups -OCH3 is 3. The number of fused-ring (bicyclic) bond motifs is 1. The Labute approximate surface area is 148 Å². The number of hydrogen-bond donors (Lipinski definition) is 1. The first-order valence-corrected chi connectivity index (χ1v) is 7.62. The third-order valence-electron chi connectivity index (χ3n) is 3.96. The van der Waals surface area contributed by atoms with Gasteiger partial charge < -0.3 is 19.3 Å². The van der Waals surface area contributed by atoms with Crippen molar-refractivity contribution in [3.05, 3.63) is 47.8 Å². The van der Waals surface area contributed by atoms with E-state index in [9.17, 15) is 14.3 Å². The van der Waals surface area contributed by atoms with Crippen molar-refractivity contribution in [1.29, 1.82) is 0 Å². The van der Waals surface area contributed by atoms with Gasteiger partial charge in [-0.1, -0.05) is 0 Å². The lowest BCUT2D eigenvalue weighted by Gasteiger charge is -2.14. The van der Waals surface area contributed by atoms with Crippen molar-refractivity contribution in [2.24, 2.45) is 0 Å². The fraction of sp³-hybridized carbons (Fsp3) is 0.158. The molecule has 3 rings (SSSR count). The van der Waals surface area contributed by atoms with E-state index in [0.29, 0.717) is 34.0 Å². The number of ether oxygens (including phenoxy) is 3. The number of carboxylic acid groups (broad SMARTS) is 1. The first kappa shape index (κ1) is 17.5. The lowest BCUT2D eigenvalue weighted by atomic mass is 10.0. The Morgan fingerprint density at radius 3 is 2.19 bits per heavy atom. The molecular formula is C19H16FNO5. The van der Waals surface area contributed by atoms with E-state index in [1.807, 2.05) is 0 Å². The summed E-state index contributed by atoms with van der Waals surface area (Å²) in [6.07, 6.45) is 0. The maximum absolute atomic E-state index is 13.5. The molecule has 0 fully saturated rings. The van der Waals surface area contributed by atoms with Crippen LogP contribution in [0.25, 0.3) is 22.2 Å². The normalized spacial score (nSPS) is 10.6. The van der Waals surface area contributed by atoms with Crippen LogP contribution in [0.4, 0.5) is 4.39 Å². The van der Waals surface area contributed by atoms with Crippen LogP contribution in [0.3, 0.4) is 0 Å². The SMILES string of the molecule is COc1cc(-c2cc(C(=O)O)c3cc(F)ccc3n2)cc(OC)c1OC. The maximum Gasteiger partial charge on any atom is 0.336 e. The number of aromatic nitrogens is 1. The summed E-state index contributed by atoms with van der Waals surface area (Å²) in [7, 11) is 4.46. The summed E-state index contributed by atoms with van der Waals surface area (Å²) >= 11 is 0. The summed E-state index contributed by atoms with van der Waals surface area (Å²) in [4.78, 5) is 16.1. The molecule has 0 saturated heterocycles. The highest BCUT2D eigenvalue weighted by atomic mass is 19.1. The lowest BCUT2D eigenvalue weighted by molar-refractivity contribution is 0.0699. The maximum atomic E-state index is 13.5. The molecule has 0 atom stereocenters. The molecule has 0 aliphatic carbocycles. The smallest absolute Gasteiger partial charge is 0.336 e. The Morgan fingerprint density at radius 2 is 1.65 bits per heavy atom. The number of halogens is 1. The second kappa shape index (κ2) is 6.87. The Bertz CT molecular complexity index is 978. The molecule has 0 spiro atoms. The van der Waals surface area contributed by atoms with Gasteiger partial charge in [-0.15, -0.1) is 0 Å². The number of aromatic carboxylic acids is 1. The van der Waals surface area contributed by atoms with Gasteiger partial charge in [-0.2, -0.15) is 0 Å². The van der Waals surface area contributed by atoms with Gasteiger partial charge in [-0.3, -0.25) is 0 Å². The van der Waals surface area contributed by atoms with E-state index >= 15 is 0 Å². The van der Waals surface area contributed by atoms with Gasteiger partial charge in [-0.25, -0.2) is 14.2 Å². The zero-order chi connectivity index (χ0) is 18.8. The van der Waals surface area contributed by atoms with Crippen LogP contribution in [0.2, 0.25) is 0 Å². The van der Waals surface area contributed by atoms with Gasteiger partial charge in [0.2, 0.25) is 5.75 Å². The van der Waals surface area contributed by atoms with Crippen LogP contribution in [0.1, 0.15) is 10.4 Å². The van der Waals surface area contributed by atoms with Gasteiger partial charge in [-0.05, 0) is 36.4 Å². The van der Waals surface area contributed by atoms with Gasteiger partial charge >= 0.3 is 5.97 Å². The lowest BCUT2D eigenvalue weighted by Crippen LogP contribution is -2.01. The molecule has 26 heavy (non-hydrogen) atoms. The molecule has 0 amide bonds. The second-order valence-electron chi connectivity index (χ2n) is 5.44. The fourth-order valence-electron chi connectivity index (χ4n) is 2.75. The molecule has 0 unspecified atom stereocenters. The molecular weight excluding hydrogens is 341 g/mol. The van der Waals surface area contributed by atoms with Crippen molar-refractivity contribution in [1.82, 2.24) is 4.98 Å². The van der Waals surface area contributed by atoms with Gasteiger partial charge in [0.15, 0.2) is 11.5 Å². The number of carbonyl (C=O) groups is 1. The van der Waals surface area contributed by atoms with E-state index in [2.05, 4.69) is 4.98 Å². The third-order valence-corrected chi connectivity index (χ3v) is 3.96. The summed E-state index contributed by atoms with van der Waals surface area (Å²) in [5.74, 6) is -0.446. The van der Waals surface area contributed by atoms with Crippen LogP contribution in [-0.2, 0) is 0 Å². The largest absolute Gasteiger partial charge is 0.493 e. The standard InChI is InChI=1S/C19H16FNO5/c1-24-16-6-10(7-17(25-2)18(16)26-3)15-9-13(19(22)23)12-8-11(20)4-5-14(12)21-15/h4-9H,1-3H3,(H,22,23). The molecule has 1 heterocycles. The third kappa shape index (κ3) is 2.99. The number of hydrogen-bond acceptors (Lipinski definition) is 5. The molecule has 0 saturated carbocycles. The Morgan fingerprint density at radius 1 is 1.00 bits per heavy atom. The van der Waals surface area contributed by atoms with E-state index in [0.717, 1.165) is 6.07 Å². The van der Waals surface area contributed by atoms with Crippen molar-refractivity contribution in [3.8, 4) is 28.5 Å². The first-order chi connectivity index (χ1) is 12.5. The highest BCUT2D eigenvalue weighted by Crippen LogP contribution is 2.41. The Kier molecular flexibility index (Phi) is 4.62. The van der Waals surface area contributed by atoms with E-state index in [1.54, 1.807) is 12.1 Å². The average molecular weight is 357 g/mol. The quantitative estimate of drug-likeness (QED) is 0.749. The summed E-state index contributed by atoms with van der Waals surface area (Å²) in [5.41, 5.74) is 1.29. The molecule has 2 aromatic carbocycles. The number of rotatable bonds is 5. The van der Waals surface area contributed by atoms with Crippen LogP contribution < -0.4 is 14.2 Å². The molecule has 0 aliphatic rings. The van der Waals surface area contributed by atoms with Crippen LogP contribution in [0.5, 0.6) is 17.2 Å². The Hall–Kier alpha value is -3.35. The van der Waals surface area contributed by atoms with E-state index in [1.165, 1.54) is 39.5 Å². The van der Waals surface area contributed by atoms with E-state index < -0.39 is 11.8 Å². The molecule has 7 heteroatoms. The monoisotopic (exact) mass is 357 g/mol. The molecule has 1 aromatic heterocycles. The minimum atomic E-state index is -1.17. The number of nitrogens with zero attached hydrogens (tertiary/aromatic N) is 1. The molecule has 3 aromatic rings. The predicted molar refractivity (Wildman–Crippen MR) is 93.8 cm³/mol. The van der Waals surface area contributed by atoms with Gasteiger partial charge in [0.25, 0.3) is 0 Å². The average Bonchev–Trinajstić information content (AvgIpc) is 2.65. The van der Waals surface area contributed by atoms with E-state index in [4.69, 9.17) is 14.2 Å². The number of carboxylic acids is 1. The highest BCUT2D eigenvalue weighted by Gasteiger charge is 2.18. The zero-order valence-corrected chi connectivity index (χ0v) is 14.4. The molecule has 6 nitrogen and oxygen atoms in total. The van der Waals surface area contributed by atoms with Crippen molar-refractivity contribution in [2.45, 2.75) is 0 Å². The number of benzene rings is 2. The summed E-state index contributed by atoms with van der Waals surface area (Å²) in [6.45, 7) is 0. The van der Waals surface area contributed by atoms with Crippen molar-refractivity contribution in [3.63, 3.8) is 0 Å². The fourth-order valence-corrected chi connectivity index (χ4v) is 2.75. The van der Waals surface area contributed by atoms with Crippen LogP contribution in [0.15, 0.2) is 36.4 Å². The highest BCUT2D eigenvalue weighted by molar-refractivity contribution is 6.03. The Balaban J connectivity index is 2.29. The minimum absolute atomic E-state index is 0.0433. The van der Waals surface area contributed by atoms with Gasteiger partial charge in [0, 0.05) is 10.9 Å². The van der Waals surface area contributed by atoms with Crippen LogP contribution in [-0.4, -0.2) is 37.4 Å². The van der Waals surface area contributed by atoms with Crippen LogP contribution in [0, 0.1) is 5.82 Å². The summed E-state index contributed by atoms with van der Waals surface area (Å²) in [6, 6.07) is 8.57. The molecule has 0 bridgehead atoms. The summed E-state index contributed by atoms with van der Waals surface area (Å²) in [5, 5.41) is 9.74. The van der Waals surface area contributed by atoms with E-state index in [-0.39, 0.29) is 10.9 Å². The second-order valence-corrected chi connectivity index (χ2v) is 5.44. The predicted octanol–water partition coefficient (Wildman–Crippen LogP) is 3.76. The van der Waals surface area contributed by atoms with Crippen LogP contribution >= 0.6 is 0 Å². The van der Waals surface area contributed by atoms with Gasteiger partial charge in [0.1, 0.15) is 5.82 Å². The minimum Gasteiger partial charge on any atom is -0.493 e. The zero-order valence-electron chi connectivity index (χ0n) is 14.4. The molecule has 134 valence electrons. The first-order valence-electron chi connectivity index (χ1n) is 7.62. The molecule has 1 N–H and O–H groups in total. The van der Waals surface area contributed by atoms with Crippen molar-refractivity contribution >= 4 is 16.9 Å². The van der Waals surface area contributed by atoms with Crippen molar-refractivity contribution < 1.29 is 28.5 Å². The molecule has 0 radical (unpaired) electrons. The summed E-state index contributed by atoms with van der Waals surface area (Å²) < 4.78 is 29.5. The topological polar surface area (TPSA) is 77.9 Å². The van der Waals surface area contributed by atoms with Crippen molar-refractivity contribution in [2.75, 3.05) is 21.3 Å². The molecule has 0 aliphatic heterocycles. The number of pyridine rings is 1. The van der Waals surface area contributed by atoms with Gasteiger partial charge in [0.05, 0.1) is 38.1 Å².